The highest BCUT2D eigenvalue weighted by Crippen LogP contribution is 2.30. The maximum Gasteiger partial charge on any atom is 0.253 e. The third-order valence-corrected chi connectivity index (χ3v) is 7.18. The van der Waals surface area contributed by atoms with E-state index in [9.17, 15) is 9.59 Å². The number of thiazole rings is 1. The third-order valence-electron chi connectivity index (χ3n) is 6.12. The van der Waals surface area contributed by atoms with E-state index in [4.69, 9.17) is 9.72 Å². The summed E-state index contributed by atoms with van der Waals surface area (Å²) < 4.78 is 5.18. The lowest BCUT2D eigenvalue weighted by atomic mass is 9.85. The molecule has 2 amide bonds. The normalized spacial score (nSPS) is 19.2. The number of hydrogen-bond acceptors (Lipinski definition) is 5. The molecule has 1 atom stereocenters. The second kappa shape index (κ2) is 9.60. The topological polar surface area (TPSA) is 71.5 Å². The summed E-state index contributed by atoms with van der Waals surface area (Å²) >= 11 is 1.67. The van der Waals surface area contributed by atoms with Gasteiger partial charge in [0.25, 0.3) is 5.91 Å². The van der Waals surface area contributed by atoms with Crippen LogP contribution in [0.4, 0.5) is 0 Å². The molecule has 1 aromatic heterocycles. The molecule has 160 valence electrons. The van der Waals surface area contributed by atoms with Gasteiger partial charge in [-0.25, -0.2) is 4.98 Å². The molecule has 7 heteroatoms. The first-order valence-corrected chi connectivity index (χ1v) is 11.7. The summed E-state index contributed by atoms with van der Waals surface area (Å²) in [6.07, 6.45) is 6.03. The molecular formula is C23H29N3O3S. The van der Waals surface area contributed by atoms with E-state index in [0.717, 1.165) is 55.1 Å². The Labute approximate surface area is 181 Å². The van der Waals surface area contributed by atoms with Gasteiger partial charge in [0.1, 0.15) is 5.75 Å². The van der Waals surface area contributed by atoms with E-state index in [1.807, 2.05) is 29.2 Å². The van der Waals surface area contributed by atoms with E-state index >= 15 is 0 Å². The van der Waals surface area contributed by atoms with E-state index in [-0.39, 0.29) is 23.7 Å². The van der Waals surface area contributed by atoms with Crippen molar-refractivity contribution in [1.29, 1.82) is 0 Å². The fourth-order valence-electron chi connectivity index (χ4n) is 4.03. The van der Waals surface area contributed by atoms with Crippen molar-refractivity contribution in [2.75, 3.05) is 26.7 Å². The van der Waals surface area contributed by atoms with Gasteiger partial charge in [-0.15, -0.1) is 11.3 Å². The van der Waals surface area contributed by atoms with Gasteiger partial charge in [0.15, 0.2) is 0 Å². The molecule has 1 aliphatic carbocycles. The number of amides is 2. The summed E-state index contributed by atoms with van der Waals surface area (Å²) in [6, 6.07) is 7.30. The Morgan fingerprint density at radius 3 is 2.70 bits per heavy atom. The van der Waals surface area contributed by atoms with Crippen molar-refractivity contribution in [1.82, 2.24) is 15.2 Å². The van der Waals surface area contributed by atoms with Crippen LogP contribution in [0.3, 0.4) is 0 Å². The average molecular weight is 428 g/mol. The van der Waals surface area contributed by atoms with Gasteiger partial charge in [0, 0.05) is 48.8 Å². The number of hydrogen-bond donors (Lipinski definition) is 1. The van der Waals surface area contributed by atoms with Crippen molar-refractivity contribution in [2.24, 2.45) is 5.92 Å². The molecular weight excluding hydrogens is 398 g/mol. The zero-order valence-electron chi connectivity index (χ0n) is 17.4. The summed E-state index contributed by atoms with van der Waals surface area (Å²) in [6.45, 7) is 2.13. The van der Waals surface area contributed by atoms with E-state index in [0.29, 0.717) is 18.7 Å². The fourth-order valence-corrected chi connectivity index (χ4v) is 5.02. The van der Waals surface area contributed by atoms with Crippen LogP contribution in [0.15, 0.2) is 29.6 Å². The van der Waals surface area contributed by atoms with Crippen LogP contribution >= 0.6 is 11.3 Å². The van der Waals surface area contributed by atoms with Crippen LogP contribution in [0.2, 0.25) is 0 Å². The third kappa shape index (κ3) is 4.83. The summed E-state index contributed by atoms with van der Waals surface area (Å²) in [5.41, 5.74) is 1.72. The van der Waals surface area contributed by atoms with Crippen LogP contribution < -0.4 is 10.1 Å². The predicted octanol–water partition coefficient (Wildman–Crippen LogP) is 3.63. The molecule has 0 radical (unpaired) electrons. The van der Waals surface area contributed by atoms with Crippen molar-refractivity contribution < 1.29 is 14.3 Å². The summed E-state index contributed by atoms with van der Waals surface area (Å²) in [4.78, 5) is 31.6. The standard InChI is InChI=1S/C23H29N3O3S/c1-29-20-9-7-17(8-10-20)23(28)26-13-3-6-18(14-26)22-25-19(15-30-22)11-12-24-21(27)16-4-2-5-16/h7-10,15-16,18H,2-6,11-14H2,1H3,(H,24,27)/t18-/m0/s1. The molecule has 2 aromatic rings. The Morgan fingerprint density at radius 1 is 1.20 bits per heavy atom. The zero-order valence-corrected chi connectivity index (χ0v) is 18.2. The first-order valence-electron chi connectivity index (χ1n) is 10.8. The van der Waals surface area contributed by atoms with Crippen molar-refractivity contribution in [2.45, 2.75) is 44.4 Å². The molecule has 2 heterocycles. The number of carbonyl (C=O) groups is 2. The Kier molecular flexibility index (Phi) is 6.67. The van der Waals surface area contributed by atoms with Crippen molar-refractivity contribution in [3.8, 4) is 5.75 Å². The SMILES string of the molecule is COc1ccc(C(=O)N2CCC[C@H](c3nc(CCNC(=O)C4CCC4)cs3)C2)cc1. The minimum Gasteiger partial charge on any atom is -0.497 e. The molecule has 4 rings (SSSR count). The monoisotopic (exact) mass is 427 g/mol. The Balaban J connectivity index is 1.30. The quantitative estimate of drug-likeness (QED) is 0.732. The second-order valence-corrected chi connectivity index (χ2v) is 9.05. The largest absolute Gasteiger partial charge is 0.497 e. The molecule has 6 nitrogen and oxygen atoms in total. The van der Waals surface area contributed by atoms with Gasteiger partial charge in [-0.1, -0.05) is 6.42 Å². The van der Waals surface area contributed by atoms with E-state index < -0.39 is 0 Å². The van der Waals surface area contributed by atoms with Gasteiger partial charge in [0.2, 0.25) is 5.91 Å². The first-order chi connectivity index (χ1) is 14.6. The van der Waals surface area contributed by atoms with E-state index in [1.165, 1.54) is 6.42 Å². The van der Waals surface area contributed by atoms with E-state index in [2.05, 4.69) is 10.7 Å². The Morgan fingerprint density at radius 2 is 2.00 bits per heavy atom. The van der Waals surface area contributed by atoms with E-state index in [1.54, 1.807) is 18.4 Å². The fraction of sp³-hybridized carbons (Fsp3) is 0.522. The molecule has 2 aliphatic rings. The van der Waals surface area contributed by atoms with Crippen LogP contribution in [0.1, 0.15) is 59.1 Å². The number of piperidine rings is 1. The lowest BCUT2D eigenvalue weighted by Crippen LogP contribution is -2.39. The molecule has 1 aromatic carbocycles. The number of methoxy groups -OCH3 is 1. The first kappa shape index (κ1) is 20.8. The van der Waals surface area contributed by atoms with Crippen LogP contribution in [0, 0.1) is 5.92 Å². The molecule has 2 fully saturated rings. The second-order valence-electron chi connectivity index (χ2n) is 8.16. The molecule has 1 saturated heterocycles. The number of benzene rings is 1. The van der Waals surface area contributed by atoms with Crippen LogP contribution in [0.25, 0.3) is 0 Å². The number of aromatic nitrogens is 1. The molecule has 1 saturated carbocycles. The number of rotatable bonds is 7. The number of likely N-dealkylation sites (tertiary alicyclic amines) is 1. The minimum absolute atomic E-state index is 0.0674. The summed E-state index contributed by atoms with van der Waals surface area (Å²) in [5.74, 6) is 1.52. The van der Waals surface area contributed by atoms with Gasteiger partial charge in [-0.3, -0.25) is 9.59 Å². The predicted molar refractivity (Wildman–Crippen MR) is 117 cm³/mol. The maximum absolute atomic E-state index is 12.9. The molecule has 0 bridgehead atoms. The van der Waals surface area contributed by atoms with Crippen molar-refractivity contribution >= 4 is 23.2 Å². The number of nitrogens with zero attached hydrogens (tertiary/aromatic N) is 2. The highest BCUT2D eigenvalue weighted by Gasteiger charge is 2.28. The number of nitrogens with one attached hydrogen (secondary N) is 1. The zero-order chi connectivity index (χ0) is 20.9. The highest BCUT2D eigenvalue weighted by molar-refractivity contribution is 7.09. The van der Waals surface area contributed by atoms with Crippen LogP contribution in [0.5, 0.6) is 5.75 Å². The number of ether oxygens (including phenoxy) is 1. The smallest absolute Gasteiger partial charge is 0.253 e. The molecule has 0 spiro atoms. The molecule has 1 N–H and O–H groups in total. The Bertz CT molecular complexity index is 876. The maximum atomic E-state index is 12.9. The van der Waals surface area contributed by atoms with Gasteiger partial charge >= 0.3 is 0 Å². The molecule has 0 unspecified atom stereocenters. The summed E-state index contributed by atoms with van der Waals surface area (Å²) in [7, 11) is 1.62. The lowest BCUT2D eigenvalue weighted by Gasteiger charge is -2.32. The number of carbonyl (C=O) groups excluding carboxylic acids is 2. The highest BCUT2D eigenvalue weighted by atomic mass is 32.1. The Hall–Kier alpha value is -2.41. The summed E-state index contributed by atoms with van der Waals surface area (Å²) in [5, 5.41) is 6.23. The van der Waals surface area contributed by atoms with Gasteiger partial charge in [-0.2, -0.15) is 0 Å². The van der Waals surface area contributed by atoms with Crippen LogP contribution in [-0.4, -0.2) is 48.4 Å². The molecule has 30 heavy (non-hydrogen) atoms. The van der Waals surface area contributed by atoms with Crippen molar-refractivity contribution in [3.05, 3.63) is 45.9 Å². The average Bonchev–Trinajstić information content (AvgIpc) is 3.21. The van der Waals surface area contributed by atoms with Crippen molar-refractivity contribution in [3.63, 3.8) is 0 Å². The minimum atomic E-state index is 0.0674. The lowest BCUT2D eigenvalue weighted by molar-refractivity contribution is -0.127. The van der Waals surface area contributed by atoms with Gasteiger partial charge in [-0.05, 0) is 49.9 Å². The van der Waals surface area contributed by atoms with Gasteiger partial charge < -0.3 is 15.0 Å². The van der Waals surface area contributed by atoms with Gasteiger partial charge in [0.05, 0.1) is 17.8 Å². The molecule has 1 aliphatic heterocycles. The van der Waals surface area contributed by atoms with Crippen LogP contribution in [-0.2, 0) is 11.2 Å².